The lowest BCUT2D eigenvalue weighted by Crippen LogP contribution is -2.68. The molecular weight excluding hydrogens is 442 g/mol. The average Bonchev–Trinajstić information content (AvgIpc) is 2.94. The number of fused-ring (bicyclic) bond motifs is 6. The average molecular weight is 469 g/mol. The van der Waals surface area contributed by atoms with Crippen LogP contribution in [-0.2, 0) is 18.4 Å². The zero-order valence-corrected chi connectivity index (χ0v) is 20.0. The third-order valence-electron chi connectivity index (χ3n) is 8.49. The summed E-state index contributed by atoms with van der Waals surface area (Å²) >= 11 is 0. The quantitative estimate of drug-likeness (QED) is 0.287. The number of aryl methyl sites for hydroxylation is 2. The number of carbonyl (C=O) groups is 2. The monoisotopic (exact) mass is 468 g/mol. The summed E-state index contributed by atoms with van der Waals surface area (Å²) in [7, 11) is 0. The number of carbonyl (C=O) groups excluding carboxylic acids is 2. The van der Waals surface area contributed by atoms with E-state index >= 15 is 0 Å². The van der Waals surface area contributed by atoms with Gasteiger partial charge in [-0.05, 0) is 51.9 Å². The Morgan fingerprint density at radius 2 is 1.25 bits per heavy atom. The second-order valence-corrected chi connectivity index (χ2v) is 10.1. The standard InChI is InChI=1S/C33H26NO2/c35-31-28-14-12-22-8-2-4-10-24(22)26(28)16-17-30(31)33(34-20-6-1-7-21-34)19-18-27-25-11-5-3-9-23(25)13-15-29(27)32(33)36/h1-15,20-21,30H,16-19H2/q+1/t30-,33+/m0/s1. The van der Waals surface area contributed by atoms with E-state index < -0.39 is 11.5 Å². The fraction of sp³-hybridized carbons (Fsp3) is 0.182. The summed E-state index contributed by atoms with van der Waals surface area (Å²) in [6.07, 6.45) is 6.76. The molecule has 4 aromatic carbocycles. The first-order valence-corrected chi connectivity index (χ1v) is 12.8. The number of nitrogens with zero attached hydrogens (tertiary/aromatic N) is 1. The molecular formula is C33H26NO2+. The molecule has 0 amide bonds. The molecule has 5 aromatic rings. The van der Waals surface area contributed by atoms with Gasteiger partial charge in [-0.1, -0.05) is 78.9 Å². The molecule has 3 heteroatoms. The summed E-state index contributed by atoms with van der Waals surface area (Å²) in [6.45, 7) is 0. The molecule has 0 unspecified atom stereocenters. The van der Waals surface area contributed by atoms with Crippen molar-refractivity contribution in [2.45, 2.75) is 31.2 Å². The molecule has 0 saturated heterocycles. The molecule has 2 aliphatic carbocycles. The van der Waals surface area contributed by atoms with Gasteiger partial charge in [-0.3, -0.25) is 9.59 Å². The van der Waals surface area contributed by atoms with Gasteiger partial charge in [-0.25, -0.2) is 0 Å². The zero-order chi connectivity index (χ0) is 24.3. The second-order valence-electron chi connectivity index (χ2n) is 10.1. The summed E-state index contributed by atoms with van der Waals surface area (Å²) in [5.41, 5.74) is 2.83. The van der Waals surface area contributed by atoms with Crippen LogP contribution in [0.4, 0.5) is 0 Å². The van der Waals surface area contributed by atoms with Gasteiger partial charge in [-0.2, -0.15) is 4.57 Å². The number of benzene rings is 4. The molecule has 174 valence electrons. The minimum atomic E-state index is -0.933. The van der Waals surface area contributed by atoms with E-state index in [0.29, 0.717) is 12.8 Å². The molecule has 2 aliphatic rings. The molecule has 0 aliphatic heterocycles. The first-order chi connectivity index (χ1) is 17.7. The number of pyridine rings is 1. The number of ketones is 2. The topological polar surface area (TPSA) is 38.0 Å². The first-order valence-electron chi connectivity index (χ1n) is 12.8. The van der Waals surface area contributed by atoms with Gasteiger partial charge in [0, 0.05) is 29.7 Å². The minimum Gasteiger partial charge on any atom is -0.294 e. The lowest BCUT2D eigenvalue weighted by atomic mass is 9.63. The Bertz CT molecular complexity index is 1690. The van der Waals surface area contributed by atoms with Crippen LogP contribution < -0.4 is 4.57 Å². The maximum atomic E-state index is 14.6. The van der Waals surface area contributed by atoms with E-state index in [1.165, 1.54) is 0 Å². The van der Waals surface area contributed by atoms with Crippen molar-refractivity contribution >= 4 is 33.1 Å². The van der Waals surface area contributed by atoms with Gasteiger partial charge in [0.15, 0.2) is 18.2 Å². The maximum absolute atomic E-state index is 14.6. The van der Waals surface area contributed by atoms with Gasteiger partial charge in [-0.15, -0.1) is 0 Å². The van der Waals surface area contributed by atoms with Gasteiger partial charge in [0.25, 0.3) is 0 Å². The van der Waals surface area contributed by atoms with Crippen LogP contribution in [0.15, 0.2) is 103 Å². The first kappa shape index (κ1) is 21.2. The number of hydrogen-bond donors (Lipinski definition) is 0. The Kier molecular flexibility index (Phi) is 4.69. The Labute approximate surface area is 210 Å². The largest absolute Gasteiger partial charge is 0.294 e. The van der Waals surface area contributed by atoms with Crippen molar-refractivity contribution in [2.24, 2.45) is 5.92 Å². The smallest absolute Gasteiger partial charge is 0.240 e. The van der Waals surface area contributed by atoms with Crippen LogP contribution in [-0.4, -0.2) is 11.6 Å². The van der Waals surface area contributed by atoms with Gasteiger partial charge >= 0.3 is 0 Å². The van der Waals surface area contributed by atoms with E-state index in [0.717, 1.165) is 56.6 Å². The molecule has 1 heterocycles. The normalized spacial score (nSPS) is 21.4. The Morgan fingerprint density at radius 3 is 1.94 bits per heavy atom. The van der Waals surface area contributed by atoms with Crippen molar-refractivity contribution in [2.75, 3.05) is 0 Å². The highest BCUT2D eigenvalue weighted by atomic mass is 16.1. The minimum absolute atomic E-state index is 0.0632. The summed E-state index contributed by atoms with van der Waals surface area (Å²) in [6, 6.07) is 30.5. The number of aromatic nitrogens is 1. The molecule has 2 atom stereocenters. The molecule has 0 fully saturated rings. The van der Waals surface area contributed by atoms with Crippen molar-refractivity contribution in [1.82, 2.24) is 0 Å². The highest BCUT2D eigenvalue weighted by Crippen LogP contribution is 2.44. The summed E-state index contributed by atoms with van der Waals surface area (Å²) < 4.78 is 2.03. The van der Waals surface area contributed by atoms with Crippen molar-refractivity contribution in [3.8, 4) is 0 Å². The molecule has 36 heavy (non-hydrogen) atoms. The van der Waals surface area contributed by atoms with Crippen LogP contribution in [0.3, 0.4) is 0 Å². The van der Waals surface area contributed by atoms with Gasteiger partial charge in [0.2, 0.25) is 11.3 Å². The molecule has 0 bridgehead atoms. The van der Waals surface area contributed by atoms with Gasteiger partial charge in [0.1, 0.15) is 0 Å². The van der Waals surface area contributed by atoms with Crippen LogP contribution in [0.1, 0.15) is 44.7 Å². The fourth-order valence-electron chi connectivity index (χ4n) is 6.80. The third kappa shape index (κ3) is 2.89. The summed E-state index contributed by atoms with van der Waals surface area (Å²) in [5, 5.41) is 4.60. The number of rotatable bonds is 2. The predicted octanol–water partition coefficient (Wildman–Crippen LogP) is 6.25. The van der Waals surface area contributed by atoms with Crippen LogP contribution in [0.5, 0.6) is 0 Å². The zero-order valence-electron chi connectivity index (χ0n) is 20.0. The second kappa shape index (κ2) is 7.96. The third-order valence-corrected chi connectivity index (χ3v) is 8.49. The molecule has 0 N–H and O–H groups in total. The summed E-state index contributed by atoms with van der Waals surface area (Å²) in [4.78, 5) is 28.8. The molecule has 7 rings (SSSR count). The molecule has 0 saturated carbocycles. The fourth-order valence-corrected chi connectivity index (χ4v) is 6.80. The Hall–Kier alpha value is -4.11. The Morgan fingerprint density at radius 1 is 0.639 bits per heavy atom. The van der Waals surface area contributed by atoms with Crippen molar-refractivity contribution in [1.29, 1.82) is 0 Å². The van der Waals surface area contributed by atoms with Gasteiger partial charge < -0.3 is 0 Å². The van der Waals surface area contributed by atoms with Crippen molar-refractivity contribution in [3.05, 3.63) is 126 Å². The molecule has 0 spiro atoms. The van der Waals surface area contributed by atoms with Crippen LogP contribution in [0.2, 0.25) is 0 Å². The van der Waals surface area contributed by atoms with E-state index in [1.54, 1.807) is 0 Å². The molecule has 1 aromatic heterocycles. The van der Waals surface area contributed by atoms with E-state index in [4.69, 9.17) is 0 Å². The molecule has 3 nitrogen and oxygen atoms in total. The van der Waals surface area contributed by atoms with E-state index in [-0.39, 0.29) is 11.6 Å². The van der Waals surface area contributed by atoms with E-state index in [1.807, 2.05) is 83.7 Å². The SMILES string of the molecule is O=C1c2ccc3ccccc3c2CC[C@@H]1[C@]1([n+]2ccccc2)CCc2c(ccc3ccccc23)C1=O. The van der Waals surface area contributed by atoms with E-state index in [2.05, 4.69) is 24.3 Å². The highest BCUT2D eigenvalue weighted by Gasteiger charge is 2.59. The van der Waals surface area contributed by atoms with Crippen LogP contribution in [0, 0.1) is 5.92 Å². The lowest BCUT2D eigenvalue weighted by molar-refractivity contribution is -0.754. The van der Waals surface area contributed by atoms with E-state index in [9.17, 15) is 9.59 Å². The molecule has 0 radical (unpaired) electrons. The Balaban J connectivity index is 1.41. The number of Topliss-reactive ketones (excluding diaryl/α,β-unsaturated/α-hetero) is 2. The van der Waals surface area contributed by atoms with Crippen molar-refractivity contribution < 1.29 is 14.2 Å². The van der Waals surface area contributed by atoms with Crippen LogP contribution in [0.25, 0.3) is 21.5 Å². The summed E-state index contributed by atoms with van der Waals surface area (Å²) in [5.74, 6) is -0.255. The lowest BCUT2D eigenvalue weighted by Gasteiger charge is -2.39. The maximum Gasteiger partial charge on any atom is 0.240 e. The van der Waals surface area contributed by atoms with Gasteiger partial charge in [0.05, 0.1) is 5.92 Å². The number of hydrogen-bond acceptors (Lipinski definition) is 2. The highest BCUT2D eigenvalue weighted by molar-refractivity contribution is 6.12. The van der Waals surface area contributed by atoms with Crippen LogP contribution >= 0.6 is 0 Å². The van der Waals surface area contributed by atoms with Crippen molar-refractivity contribution in [3.63, 3.8) is 0 Å². The predicted molar refractivity (Wildman–Crippen MR) is 141 cm³/mol.